The van der Waals surface area contributed by atoms with Crippen molar-refractivity contribution in [3.8, 4) is 0 Å². The molecule has 2 N–H and O–H groups in total. The zero-order chi connectivity index (χ0) is 15.0. The van der Waals surface area contributed by atoms with Gasteiger partial charge >= 0.3 is 7.12 Å². The Morgan fingerprint density at radius 3 is 1.90 bits per heavy atom. The predicted octanol–water partition coefficient (Wildman–Crippen LogP) is 2.92. The molecule has 4 nitrogen and oxygen atoms in total. The molecule has 0 aromatic heterocycles. The van der Waals surface area contributed by atoms with Gasteiger partial charge in [0.25, 0.3) is 0 Å². The Morgan fingerprint density at radius 2 is 1.45 bits per heavy atom. The van der Waals surface area contributed by atoms with Crippen LogP contribution in [0.1, 0.15) is 0 Å². The molecular formula is C14H10BBrN2O2. The fourth-order valence-electron chi connectivity index (χ4n) is 1.30. The van der Waals surface area contributed by atoms with Gasteiger partial charge < -0.3 is 10.0 Å². The van der Waals surface area contributed by atoms with Gasteiger partial charge in [0.15, 0.2) is 11.4 Å². The van der Waals surface area contributed by atoms with Crippen molar-refractivity contribution < 1.29 is 10.0 Å². The lowest BCUT2D eigenvalue weighted by Crippen LogP contribution is -2.29. The van der Waals surface area contributed by atoms with Crippen LogP contribution in [0.5, 0.6) is 0 Å². The van der Waals surface area contributed by atoms with Gasteiger partial charge in [-0.1, -0.05) is 58.4 Å². The van der Waals surface area contributed by atoms with Crippen molar-refractivity contribution in [1.29, 1.82) is 0 Å². The molecule has 0 aliphatic rings. The maximum absolute atomic E-state index is 8.70. The summed E-state index contributed by atoms with van der Waals surface area (Å²) in [6.07, 6.45) is 0. The van der Waals surface area contributed by atoms with Crippen molar-refractivity contribution in [2.75, 3.05) is 0 Å². The zero-order valence-electron chi connectivity index (χ0n) is 10.4. The first-order chi connectivity index (χ1) is 9.56. The topological polar surface area (TPSA) is 49.2 Å². The molecule has 0 spiro atoms. The number of halogens is 1. The Labute approximate surface area is 126 Å². The van der Waals surface area contributed by atoms with Gasteiger partial charge in [0, 0.05) is 4.47 Å². The van der Waals surface area contributed by atoms with E-state index in [0.29, 0.717) is 16.8 Å². The molecule has 0 atom stereocenters. The average molecular weight is 329 g/mol. The largest absolute Gasteiger partial charge is 0.487 e. The van der Waals surface area contributed by atoms with Gasteiger partial charge in [-0.05, 0) is 11.5 Å². The fraction of sp³-hybridized carbons (Fsp3) is 0. The van der Waals surface area contributed by atoms with Crippen molar-refractivity contribution in [2.45, 2.75) is 0 Å². The Hall–Kier alpha value is -2.12. The van der Waals surface area contributed by atoms with Gasteiger partial charge in [0.05, 0.1) is 13.1 Å². The summed E-state index contributed by atoms with van der Waals surface area (Å²) < 4.78 is 0.955. The van der Waals surface area contributed by atoms with Crippen molar-refractivity contribution in [1.82, 2.24) is 0 Å². The van der Waals surface area contributed by atoms with Gasteiger partial charge in [-0.15, -0.1) is 0 Å². The van der Waals surface area contributed by atoms with Crippen molar-refractivity contribution in [3.05, 3.63) is 75.8 Å². The lowest BCUT2D eigenvalue weighted by atomic mass is 9.80. The fourth-order valence-corrected chi connectivity index (χ4v) is 1.69. The van der Waals surface area contributed by atoms with Gasteiger partial charge in [0.1, 0.15) is 0 Å². The smallest absolute Gasteiger partial charge is 0.423 e. The molecule has 0 saturated carbocycles. The van der Waals surface area contributed by atoms with Crippen LogP contribution in [0.4, 0.5) is 11.4 Å². The van der Waals surface area contributed by atoms with Gasteiger partial charge in [-0.25, -0.2) is 9.69 Å². The highest BCUT2D eigenvalue weighted by atomic mass is 79.9. The van der Waals surface area contributed by atoms with E-state index in [9.17, 15) is 0 Å². The highest BCUT2D eigenvalue weighted by Gasteiger charge is 2.09. The summed E-state index contributed by atoms with van der Waals surface area (Å²) in [4.78, 5) is 6.39. The summed E-state index contributed by atoms with van der Waals surface area (Å²) in [5.74, 6) is 0. The molecule has 0 aliphatic carbocycles. The lowest BCUT2D eigenvalue weighted by Gasteiger charge is -1.97. The lowest BCUT2D eigenvalue weighted by molar-refractivity contribution is 0.426. The maximum atomic E-state index is 8.70. The molecule has 0 radical (unpaired) electrons. The van der Waals surface area contributed by atoms with E-state index < -0.39 is 7.12 Å². The standard InChI is InChI=1S/C7H6BNO2.C7H4BrN/c1-9-7-4-2-3-6(5-7)8(10)11;1-9-7-4-2-3-6(8)5-7/h2-5,10-11H;2-5H. The minimum atomic E-state index is -1.49. The van der Waals surface area contributed by atoms with E-state index in [2.05, 4.69) is 25.6 Å². The first kappa shape index (κ1) is 15.9. The monoisotopic (exact) mass is 328 g/mol. The summed E-state index contributed by atoms with van der Waals surface area (Å²) in [6, 6.07) is 13.5. The Bertz CT molecular complexity index is 663. The summed E-state index contributed by atoms with van der Waals surface area (Å²) in [7, 11) is -1.49. The van der Waals surface area contributed by atoms with Crippen molar-refractivity contribution in [2.24, 2.45) is 0 Å². The number of hydrogen-bond donors (Lipinski definition) is 2. The number of rotatable bonds is 1. The van der Waals surface area contributed by atoms with Crippen LogP contribution in [0.25, 0.3) is 9.69 Å². The second-order valence-corrected chi connectivity index (χ2v) is 4.59. The van der Waals surface area contributed by atoms with Crippen LogP contribution in [0, 0.1) is 13.1 Å². The molecule has 0 fully saturated rings. The maximum Gasteiger partial charge on any atom is 0.487 e. The van der Waals surface area contributed by atoms with Crippen LogP contribution < -0.4 is 5.46 Å². The molecule has 0 saturated heterocycles. The Morgan fingerprint density at radius 1 is 0.900 bits per heavy atom. The van der Waals surface area contributed by atoms with Gasteiger partial charge in [-0.2, -0.15) is 0 Å². The summed E-state index contributed by atoms with van der Waals surface area (Å²) in [5.41, 5.74) is 1.43. The van der Waals surface area contributed by atoms with Crippen molar-refractivity contribution >= 4 is 39.9 Å². The molecule has 0 unspecified atom stereocenters. The minimum Gasteiger partial charge on any atom is -0.423 e. The molecule has 20 heavy (non-hydrogen) atoms. The van der Waals surface area contributed by atoms with Crippen LogP contribution in [-0.4, -0.2) is 17.2 Å². The minimum absolute atomic E-state index is 0.346. The number of hydrogen-bond acceptors (Lipinski definition) is 2. The first-order valence-electron chi connectivity index (χ1n) is 5.53. The van der Waals surface area contributed by atoms with Crippen LogP contribution >= 0.6 is 15.9 Å². The molecule has 2 aromatic rings. The van der Waals surface area contributed by atoms with Crippen molar-refractivity contribution in [3.63, 3.8) is 0 Å². The molecular weight excluding hydrogens is 319 g/mol. The normalized spacial score (nSPS) is 8.65. The summed E-state index contributed by atoms with van der Waals surface area (Å²) in [6.45, 7) is 13.3. The molecule has 6 heteroatoms. The van der Waals surface area contributed by atoms with Crippen LogP contribution in [0.15, 0.2) is 53.0 Å². The zero-order valence-corrected chi connectivity index (χ0v) is 11.9. The Balaban J connectivity index is 0.000000204. The van der Waals surface area contributed by atoms with E-state index in [0.717, 1.165) is 4.47 Å². The third-order valence-corrected chi connectivity index (χ3v) is 2.73. The van der Waals surface area contributed by atoms with E-state index >= 15 is 0 Å². The van der Waals surface area contributed by atoms with Crippen LogP contribution in [-0.2, 0) is 0 Å². The van der Waals surface area contributed by atoms with Gasteiger partial charge in [0.2, 0.25) is 0 Å². The van der Waals surface area contributed by atoms with Crippen LogP contribution in [0.3, 0.4) is 0 Å². The quantitative estimate of drug-likeness (QED) is 0.624. The molecule has 0 heterocycles. The molecule has 2 aromatic carbocycles. The summed E-state index contributed by atoms with van der Waals surface area (Å²) in [5, 5.41) is 17.4. The third-order valence-electron chi connectivity index (χ3n) is 2.23. The molecule has 0 amide bonds. The SMILES string of the molecule is [C-]#[N+]c1cccc(B(O)O)c1.[C-]#[N+]c1cccc(Br)c1. The van der Waals surface area contributed by atoms with E-state index in [1.807, 2.05) is 12.1 Å². The molecule has 98 valence electrons. The predicted molar refractivity (Wildman–Crippen MR) is 82.9 cm³/mol. The highest BCUT2D eigenvalue weighted by Crippen LogP contribution is 2.17. The molecule has 2 rings (SSSR count). The van der Waals surface area contributed by atoms with Gasteiger partial charge in [-0.3, -0.25) is 0 Å². The van der Waals surface area contributed by atoms with E-state index in [4.69, 9.17) is 23.2 Å². The van der Waals surface area contributed by atoms with Crippen LogP contribution in [0.2, 0.25) is 0 Å². The number of nitrogens with zero attached hydrogens (tertiary/aromatic N) is 2. The van der Waals surface area contributed by atoms with E-state index in [1.165, 1.54) is 6.07 Å². The molecule has 0 aliphatic heterocycles. The first-order valence-corrected chi connectivity index (χ1v) is 6.32. The Kier molecular flexibility index (Phi) is 6.48. The highest BCUT2D eigenvalue weighted by molar-refractivity contribution is 9.10. The summed E-state index contributed by atoms with van der Waals surface area (Å²) >= 11 is 3.26. The second-order valence-electron chi connectivity index (χ2n) is 3.67. The number of benzene rings is 2. The van der Waals surface area contributed by atoms with E-state index in [-0.39, 0.29) is 0 Å². The third kappa shape index (κ3) is 5.25. The second kappa shape index (κ2) is 8.14. The van der Waals surface area contributed by atoms with E-state index in [1.54, 1.807) is 30.3 Å². The molecule has 0 bridgehead atoms. The average Bonchev–Trinajstić information content (AvgIpc) is 2.48.